The molecule has 2 heterocycles. The van der Waals surface area contributed by atoms with Crippen molar-refractivity contribution in [2.75, 3.05) is 24.6 Å². The molecule has 0 aromatic heterocycles. The number of amides is 1. The number of fused-ring (bicyclic) bond motifs is 4. The minimum atomic E-state index is -3.94. The maximum absolute atomic E-state index is 13.6. The van der Waals surface area contributed by atoms with Gasteiger partial charge in [0, 0.05) is 29.1 Å². The Balaban J connectivity index is 1.41. The van der Waals surface area contributed by atoms with Gasteiger partial charge >= 0.3 is 0 Å². The molecule has 44 heavy (non-hydrogen) atoms. The highest BCUT2D eigenvalue weighted by Crippen LogP contribution is 2.46. The third-order valence-corrected chi connectivity index (χ3v) is 12.8. The number of halogens is 1. The van der Waals surface area contributed by atoms with E-state index in [-0.39, 0.29) is 23.2 Å². The number of rotatable bonds is 3. The summed E-state index contributed by atoms with van der Waals surface area (Å²) >= 11 is 6.40. The molecule has 2 aliphatic carbocycles. The molecule has 2 aromatic carbocycles. The van der Waals surface area contributed by atoms with Crippen LogP contribution in [0.25, 0.3) is 0 Å². The molecular weight excluding hydrogens is 596 g/mol. The first-order valence-electron chi connectivity index (χ1n) is 16.3. The lowest BCUT2D eigenvalue weighted by Crippen LogP contribution is -2.49. The zero-order chi connectivity index (χ0) is 31.1. The third kappa shape index (κ3) is 6.14. The number of allylic oxidation sites excluding steroid dienone is 1. The van der Waals surface area contributed by atoms with E-state index in [1.54, 1.807) is 12.1 Å². The van der Waals surface area contributed by atoms with Crippen molar-refractivity contribution in [1.29, 1.82) is 0 Å². The molecule has 4 aliphatic rings. The van der Waals surface area contributed by atoms with E-state index in [2.05, 4.69) is 21.8 Å². The number of aryl methyl sites for hydroxylation is 1. The number of nitrogens with zero attached hydrogens (tertiary/aromatic N) is 1. The lowest BCUT2D eigenvalue weighted by Gasteiger charge is -2.45. The number of carbonyl (C=O) groups excluding carboxylic acids is 1. The summed E-state index contributed by atoms with van der Waals surface area (Å²) in [6.07, 6.45) is 10.8. The first kappa shape index (κ1) is 31.4. The molecule has 9 heteroatoms. The molecule has 2 N–H and O–H groups in total. The summed E-state index contributed by atoms with van der Waals surface area (Å²) in [6.45, 7) is 5.87. The molecular formula is C35H45ClN2O5S. The number of hydrogen-bond donors (Lipinski definition) is 2. The van der Waals surface area contributed by atoms with E-state index in [9.17, 15) is 18.3 Å². The van der Waals surface area contributed by atoms with Crippen LogP contribution in [-0.4, -0.2) is 50.5 Å². The van der Waals surface area contributed by atoms with Gasteiger partial charge in [-0.25, -0.2) is 13.1 Å². The van der Waals surface area contributed by atoms with Crippen molar-refractivity contribution in [3.05, 3.63) is 70.3 Å². The van der Waals surface area contributed by atoms with E-state index < -0.39 is 27.3 Å². The Morgan fingerprint density at radius 1 is 1.18 bits per heavy atom. The van der Waals surface area contributed by atoms with Crippen molar-refractivity contribution < 1.29 is 23.1 Å². The van der Waals surface area contributed by atoms with E-state index >= 15 is 0 Å². The molecule has 238 valence electrons. The van der Waals surface area contributed by atoms with Crippen molar-refractivity contribution >= 4 is 33.2 Å². The highest BCUT2D eigenvalue weighted by atomic mass is 35.5. The summed E-state index contributed by atoms with van der Waals surface area (Å²) in [5.41, 5.74) is 3.35. The predicted molar refractivity (Wildman–Crippen MR) is 175 cm³/mol. The number of ether oxygens (including phenoxy) is 1. The Bertz CT molecular complexity index is 1530. The van der Waals surface area contributed by atoms with Gasteiger partial charge in [0.05, 0.1) is 23.6 Å². The van der Waals surface area contributed by atoms with Crippen LogP contribution in [0.15, 0.2) is 48.6 Å². The van der Waals surface area contributed by atoms with Crippen molar-refractivity contribution in [1.82, 2.24) is 4.72 Å². The highest BCUT2D eigenvalue weighted by molar-refractivity contribution is 7.90. The van der Waals surface area contributed by atoms with Crippen LogP contribution in [0.1, 0.15) is 86.7 Å². The van der Waals surface area contributed by atoms with E-state index in [0.29, 0.717) is 37.3 Å². The Morgan fingerprint density at radius 3 is 2.80 bits per heavy atom. The topological polar surface area (TPSA) is 95.9 Å². The molecule has 1 amide bonds. The average molecular weight is 641 g/mol. The number of nitrogens with one attached hydrogen (secondary N) is 1. The summed E-state index contributed by atoms with van der Waals surface area (Å²) in [7, 11) is -3.94. The molecule has 1 fully saturated rings. The molecule has 6 rings (SSSR count). The van der Waals surface area contributed by atoms with E-state index in [0.717, 1.165) is 62.2 Å². The van der Waals surface area contributed by atoms with Crippen LogP contribution in [0, 0.1) is 17.8 Å². The number of aliphatic hydroxyl groups is 1. The molecule has 1 saturated carbocycles. The molecule has 7 nitrogen and oxygen atoms in total. The first-order chi connectivity index (χ1) is 21.1. The summed E-state index contributed by atoms with van der Waals surface area (Å²) < 4.78 is 36.2. The fourth-order valence-electron chi connectivity index (χ4n) is 7.95. The number of benzene rings is 2. The molecule has 2 aromatic rings. The van der Waals surface area contributed by atoms with Crippen LogP contribution in [0.3, 0.4) is 0 Å². The van der Waals surface area contributed by atoms with Crippen molar-refractivity contribution in [3.63, 3.8) is 0 Å². The molecule has 0 radical (unpaired) electrons. The Hall–Kier alpha value is -2.55. The molecule has 0 saturated heterocycles. The van der Waals surface area contributed by atoms with E-state index in [1.807, 2.05) is 38.1 Å². The second-order valence-corrected chi connectivity index (χ2v) is 15.9. The largest absolute Gasteiger partial charge is 0.490 e. The molecule has 0 unspecified atom stereocenters. The van der Waals surface area contributed by atoms with Crippen molar-refractivity contribution in [2.45, 2.75) is 88.4 Å². The Kier molecular flexibility index (Phi) is 9.06. The van der Waals surface area contributed by atoms with Gasteiger partial charge in [-0.05, 0) is 104 Å². The number of hydrogen-bond acceptors (Lipinski definition) is 6. The monoisotopic (exact) mass is 640 g/mol. The summed E-state index contributed by atoms with van der Waals surface area (Å²) in [6, 6.07) is 11.5. The van der Waals surface area contributed by atoms with Crippen LogP contribution in [-0.2, 0) is 21.9 Å². The van der Waals surface area contributed by atoms with Crippen LogP contribution in [0.4, 0.5) is 5.69 Å². The lowest BCUT2D eigenvalue weighted by molar-refractivity contribution is 0.0455. The third-order valence-electron chi connectivity index (χ3n) is 10.6. The fourth-order valence-corrected chi connectivity index (χ4v) is 9.87. The smallest absolute Gasteiger partial charge is 0.264 e. The average Bonchev–Trinajstić information content (AvgIpc) is 3.11. The second kappa shape index (κ2) is 12.7. The van der Waals surface area contributed by atoms with Crippen LogP contribution < -0.4 is 14.4 Å². The van der Waals surface area contributed by atoms with E-state index in [1.165, 1.54) is 11.1 Å². The molecule has 1 spiro atoms. The summed E-state index contributed by atoms with van der Waals surface area (Å²) in [4.78, 5) is 15.9. The predicted octanol–water partition coefficient (Wildman–Crippen LogP) is 6.41. The van der Waals surface area contributed by atoms with Gasteiger partial charge in [-0.3, -0.25) is 4.79 Å². The molecule has 6 atom stereocenters. The number of carbonyl (C=O) groups is 1. The lowest BCUT2D eigenvalue weighted by atomic mass is 9.68. The van der Waals surface area contributed by atoms with Gasteiger partial charge in [0.25, 0.3) is 5.91 Å². The van der Waals surface area contributed by atoms with Gasteiger partial charge < -0.3 is 14.7 Å². The minimum Gasteiger partial charge on any atom is -0.490 e. The maximum Gasteiger partial charge on any atom is 0.264 e. The van der Waals surface area contributed by atoms with E-state index in [4.69, 9.17) is 16.3 Å². The minimum absolute atomic E-state index is 0.126. The normalized spacial score (nSPS) is 32.3. The number of anilines is 1. The quantitative estimate of drug-likeness (QED) is 0.376. The standard InChI is InChI=1S/C35H45ClN2O5S/c1-3-4-10-33-23(2)7-5-9-31(39)28-14-11-26(28)20-38-21-35(17-6-8-24-18-27(36)13-15-29(24)35)22-43-32-16-12-25(19-30(32)38)34(40)37-44(33,41)42/h5,9,12-13,15-16,18-19,23,26,28,31,33,39H,3-4,6-8,10-11,14,17,20-22H2,1-2H3,(H,37,40)/b9-5+/t23-,26+,28-,31+,33+,35+/m1/s1. The number of unbranched alkanes of at least 4 members (excludes halogenated alkanes) is 1. The van der Waals surface area contributed by atoms with Gasteiger partial charge in [0.1, 0.15) is 5.75 Å². The van der Waals surface area contributed by atoms with Gasteiger partial charge in [-0.2, -0.15) is 0 Å². The van der Waals surface area contributed by atoms with Gasteiger partial charge in [0.15, 0.2) is 0 Å². The second-order valence-electron chi connectivity index (χ2n) is 13.6. The summed E-state index contributed by atoms with van der Waals surface area (Å²) in [5.74, 6) is 0.278. The summed E-state index contributed by atoms with van der Waals surface area (Å²) in [5, 5.41) is 11.3. The van der Waals surface area contributed by atoms with Crippen molar-refractivity contribution in [3.8, 4) is 5.75 Å². The van der Waals surface area contributed by atoms with Crippen LogP contribution in [0.5, 0.6) is 5.75 Å². The maximum atomic E-state index is 13.6. The molecule has 2 aliphatic heterocycles. The first-order valence-corrected chi connectivity index (χ1v) is 18.2. The Labute approximate surface area is 267 Å². The zero-order valence-corrected chi connectivity index (χ0v) is 27.4. The van der Waals surface area contributed by atoms with Crippen molar-refractivity contribution in [2.24, 2.45) is 17.8 Å². The van der Waals surface area contributed by atoms with Gasteiger partial charge in [-0.15, -0.1) is 0 Å². The SMILES string of the molecule is CCCC[C@H]1[C@H](C)C/C=C/[C@H](O)[C@@H]2CC[C@H]2CN2C[C@@]3(CCCc4cc(Cl)ccc43)COc3ccc(cc32)C(=O)NS1(=O)=O. The Morgan fingerprint density at radius 2 is 2.02 bits per heavy atom. The highest BCUT2D eigenvalue weighted by Gasteiger charge is 2.44. The number of sulfonamides is 1. The zero-order valence-electron chi connectivity index (χ0n) is 25.8. The molecule has 2 bridgehead atoms. The van der Waals surface area contributed by atoms with Gasteiger partial charge in [-0.1, -0.05) is 56.5 Å². The fraction of sp³-hybridized carbons (Fsp3) is 0.571. The van der Waals surface area contributed by atoms with Crippen LogP contribution in [0.2, 0.25) is 5.02 Å². The van der Waals surface area contributed by atoms with Crippen LogP contribution >= 0.6 is 11.6 Å². The van der Waals surface area contributed by atoms with Gasteiger partial charge in [0.2, 0.25) is 10.0 Å². The number of aliphatic hydroxyl groups excluding tert-OH is 1.